The number of rotatable bonds is 6. The maximum absolute atomic E-state index is 13.3. The molecule has 1 fully saturated rings. The van der Waals surface area contributed by atoms with Crippen molar-refractivity contribution in [3.63, 3.8) is 0 Å². The van der Waals surface area contributed by atoms with Crippen molar-refractivity contribution in [2.45, 2.75) is 13.0 Å². The van der Waals surface area contributed by atoms with Gasteiger partial charge in [0.25, 0.3) is 11.7 Å². The Morgan fingerprint density at radius 1 is 1.16 bits per heavy atom. The maximum Gasteiger partial charge on any atom is 0.308 e. The van der Waals surface area contributed by atoms with Crippen LogP contribution in [0.3, 0.4) is 0 Å². The van der Waals surface area contributed by atoms with Crippen molar-refractivity contribution in [3.8, 4) is 5.75 Å². The number of likely N-dealkylation sites (N-methyl/N-ethyl adjacent to an activating group) is 1. The molecule has 3 rings (SSSR count). The van der Waals surface area contributed by atoms with Crippen molar-refractivity contribution in [2.75, 3.05) is 27.2 Å². The molecule has 1 atom stereocenters. The number of Topliss-reactive ketones (excluding diaryl/α,β-unsaturated/α-hetero) is 1. The number of benzene rings is 2. The summed E-state index contributed by atoms with van der Waals surface area (Å²) in [5.74, 6) is -2.71. The summed E-state index contributed by atoms with van der Waals surface area (Å²) in [5, 5.41) is 10.9. The van der Waals surface area contributed by atoms with E-state index in [1.165, 1.54) is 24.0 Å². The van der Waals surface area contributed by atoms with E-state index in [2.05, 4.69) is 0 Å². The van der Waals surface area contributed by atoms with Crippen molar-refractivity contribution in [1.29, 1.82) is 0 Å². The molecule has 1 heterocycles. The lowest BCUT2D eigenvalue weighted by Gasteiger charge is -2.26. The van der Waals surface area contributed by atoms with Crippen LogP contribution in [0.25, 0.3) is 5.76 Å². The number of hydrogen-bond acceptors (Lipinski definition) is 6. The van der Waals surface area contributed by atoms with E-state index in [-0.39, 0.29) is 23.4 Å². The van der Waals surface area contributed by atoms with E-state index in [1.54, 1.807) is 24.3 Å². The fourth-order valence-corrected chi connectivity index (χ4v) is 3.44. The van der Waals surface area contributed by atoms with Crippen LogP contribution in [0.5, 0.6) is 5.75 Å². The van der Waals surface area contributed by atoms with Crippen molar-refractivity contribution < 1.29 is 28.6 Å². The average Bonchev–Trinajstić information content (AvgIpc) is 2.96. The van der Waals surface area contributed by atoms with Crippen molar-refractivity contribution >= 4 is 23.4 Å². The molecule has 2 aromatic carbocycles. The van der Waals surface area contributed by atoms with Gasteiger partial charge in [0.2, 0.25) is 0 Å². The molecule has 1 aliphatic rings. The van der Waals surface area contributed by atoms with Crippen LogP contribution in [0, 0.1) is 5.82 Å². The minimum Gasteiger partial charge on any atom is -0.507 e. The first-order chi connectivity index (χ1) is 14.7. The fraction of sp³-hybridized carbons (Fsp3) is 0.261. The summed E-state index contributed by atoms with van der Waals surface area (Å²) in [7, 11) is 3.68. The van der Waals surface area contributed by atoms with E-state index in [9.17, 15) is 23.9 Å². The lowest BCUT2D eigenvalue weighted by atomic mass is 9.95. The number of hydrogen-bond donors (Lipinski definition) is 1. The zero-order chi connectivity index (χ0) is 22.7. The van der Waals surface area contributed by atoms with Crippen LogP contribution in [0.15, 0.2) is 54.1 Å². The highest BCUT2D eigenvalue weighted by Crippen LogP contribution is 2.40. The maximum atomic E-state index is 13.3. The molecular formula is C23H23FN2O5. The zero-order valence-electron chi connectivity index (χ0n) is 17.5. The first-order valence-electron chi connectivity index (χ1n) is 9.66. The third-order valence-electron chi connectivity index (χ3n) is 4.88. The topological polar surface area (TPSA) is 87.1 Å². The molecule has 1 aliphatic heterocycles. The normalized spacial score (nSPS) is 18.0. The Kier molecular flexibility index (Phi) is 6.50. The number of nitrogens with zero attached hydrogens (tertiary/aromatic N) is 2. The van der Waals surface area contributed by atoms with Crippen molar-refractivity contribution in [2.24, 2.45) is 0 Å². The first kappa shape index (κ1) is 22.2. The standard InChI is InChI=1S/C23H23FN2O5/c1-14(27)31-18-6-4-5-16(13-18)20-19(21(28)15-7-9-17(24)10-8-15)22(29)23(30)26(20)12-11-25(2)3/h4-10,13,20,28H,11-12H2,1-3H3/b21-19-. The summed E-state index contributed by atoms with van der Waals surface area (Å²) in [6.45, 7) is 1.99. The summed E-state index contributed by atoms with van der Waals surface area (Å²) >= 11 is 0. The molecule has 2 aromatic rings. The molecule has 1 N–H and O–H groups in total. The molecule has 0 saturated carbocycles. The molecule has 1 amide bonds. The van der Waals surface area contributed by atoms with Crippen LogP contribution in [0.1, 0.15) is 24.1 Å². The quantitative estimate of drug-likeness (QED) is 0.251. The highest BCUT2D eigenvalue weighted by atomic mass is 19.1. The zero-order valence-corrected chi connectivity index (χ0v) is 17.5. The second-order valence-electron chi connectivity index (χ2n) is 7.47. The van der Waals surface area contributed by atoms with Crippen LogP contribution in [-0.4, -0.2) is 59.8 Å². The van der Waals surface area contributed by atoms with Gasteiger partial charge in [0.15, 0.2) is 0 Å². The Morgan fingerprint density at radius 2 is 1.84 bits per heavy atom. The summed E-state index contributed by atoms with van der Waals surface area (Å²) in [4.78, 5) is 40.3. The second kappa shape index (κ2) is 9.09. The van der Waals surface area contributed by atoms with Crippen LogP contribution < -0.4 is 4.74 Å². The summed E-state index contributed by atoms with van der Waals surface area (Å²) in [5.41, 5.74) is 0.615. The molecule has 0 spiro atoms. The fourth-order valence-electron chi connectivity index (χ4n) is 3.44. The number of aliphatic hydroxyl groups excluding tert-OH is 1. The minimum atomic E-state index is -0.888. The monoisotopic (exact) mass is 426 g/mol. The lowest BCUT2D eigenvalue weighted by molar-refractivity contribution is -0.140. The number of carbonyl (C=O) groups excluding carboxylic acids is 3. The summed E-state index contributed by atoms with van der Waals surface area (Å²) < 4.78 is 18.5. The lowest BCUT2D eigenvalue weighted by Crippen LogP contribution is -2.35. The molecule has 162 valence electrons. The van der Waals surface area contributed by atoms with Gasteiger partial charge in [-0.05, 0) is 56.1 Å². The van der Waals surface area contributed by atoms with Crippen LogP contribution in [0.2, 0.25) is 0 Å². The van der Waals surface area contributed by atoms with Gasteiger partial charge in [-0.3, -0.25) is 14.4 Å². The number of ketones is 1. The van der Waals surface area contributed by atoms with Gasteiger partial charge in [-0.2, -0.15) is 0 Å². The van der Waals surface area contributed by atoms with Gasteiger partial charge >= 0.3 is 5.97 Å². The number of ether oxygens (including phenoxy) is 1. The number of aliphatic hydroxyl groups is 1. The Hall–Kier alpha value is -3.52. The van der Waals surface area contributed by atoms with E-state index in [0.717, 1.165) is 12.1 Å². The van der Waals surface area contributed by atoms with Gasteiger partial charge in [-0.1, -0.05) is 12.1 Å². The van der Waals surface area contributed by atoms with E-state index in [1.807, 2.05) is 19.0 Å². The Balaban J connectivity index is 2.14. The molecule has 31 heavy (non-hydrogen) atoms. The van der Waals surface area contributed by atoms with Gasteiger partial charge in [0.1, 0.15) is 17.3 Å². The number of amides is 1. The van der Waals surface area contributed by atoms with E-state index in [4.69, 9.17) is 4.74 Å². The predicted molar refractivity (Wildman–Crippen MR) is 112 cm³/mol. The SMILES string of the molecule is CC(=O)Oc1cccc(C2/C(=C(/O)c3ccc(F)cc3)C(=O)C(=O)N2CCN(C)C)c1. The van der Waals surface area contributed by atoms with E-state index in [0.29, 0.717) is 12.1 Å². The van der Waals surface area contributed by atoms with Crippen molar-refractivity contribution in [1.82, 2.24) is 9.80 Å². The van der Waals surface area contributed by atoms with Gasteiger partial charge in [-0.15, -0.1) is 0 Å². The Bertz CT molecular complexity index is 1050. The molecular weight excluding hydrogens is 403 g/mol. The molecule has 0 radical (unpaired) electrons. The molecule has 8 heteroatoms. The molecule has 7 nitrogen and oxygen atoms in total. The second-order valence-corrected chi connectivity index (χ2v) is 7.47. The molecule has 0 aromatic heterocycles. The molecule has 1 saturated heterocycles. The largest absolute Gasteiger partial charge is 0.507 e. The molecule has 1 unspecified atom stereocenters. The number of likely N-dealkylation sites (tertiary alicyclic amines) is 1. The highest BCUT2D eigenvalue weighted by Gasteiger charge is 2.46. The predicted octanol–water partition coefficient (Wildman–Crippen LogP) is 2.73. The third-order valence-corrected chi connectivity index (χ3v) is 4.88. The number of esters is 1. The van der Waals surface area contributed by atoms with Gasteiger partial charge in [-0.25, -0.2) is 4.39 Å². The van der Waals surface area contributed by atoms with Crippen molar-refractivity contribution in [3.05, 3.63) is 71.0 Å². The average molecular weight is 426 g/mol. The third kappa shape index (κ3) is 4.80. The van der Waals surface area contributed by atoms with Gasteiger partial charge in [0, 0.05) is 25.6 Å². The minimum absolute atomic E-state index is 0.102. The summed E-state index contributed by atoms with van der Waals surface area (Å²) in [6.07, 6.45) is 0. The molecule has 0 bridgehead atoms. The Labute approximate surface area is 179 Å². The van der Waals surface area contributed by atoms with E-state index < -0.39 is 35.3 Å². The van der Waals surface area contributed by atoms with Crippen LogP contribution in [0.4, 0.5) is 4.39 Å². The van der Waals surface area contributed by atoms with Crippen LogP contribution in [-0.2, 0) is 14.4 Å². The number of carbonyl (C=O) groups is 3. The first-order valence-corrected chi connectivity index (χ1v) is 9.66. The Morgan fingerprint density at radius 3 is 2.45 bits per heavy atom. The molecule has 0 aliphatic carbocycles. The summed E-state index contributed by atoms with van der Waals surface area (Å²) in [6, 6.07) is 10.6. The smallest absolute Gasteiger partial charge is 0.308 e. The number of halogens is 1. The van der Waals surface area contributed by atoms with E-state index >= 15 is 0 Å². The van der Waals surface area contributed by atoms with Gasteiger partial charge in [0.05, 0.1) is 11.6 Å². The highest BCUT2D eigenvalue weighted by molar-refractivity contribution is 6.46. The van der Waals surface area contributed by atoms with Crippen LogP contribution >= 0.6 is 0 Å². The van der Waals surface area contributed by atoms with Gasteiger partial charge < -0.3 is 19.6 Å².